The van der Waals surface area contributed by atoms with Gasteiger partial charge in [0.2, 0.25) is 0 Å². The third-order valence-electron chi connectivity index (χ3n) is 2.89. The molecule has 2 N–H and O–H groups in total. The number of rotatable bonds is 2. The summed E-state index contributed by atoms with van der Waals surface area (Å²) in [6, 6.07) is 4.14. The average Bonchev–Trinajstić information content (AvgIpc) is 2.99. The molecule has 3 rings (SSSR count). The number of imidazole rings is 1. The maximum Gasteiger partial charge on any atom is 0.137 e. The molecule has 4 nitrogen and oxygen atoms in total. The number of aromatic amines is 1. The van der Waals surface area contributed by atoms with Crippen LogP contribution in [0.15, 0.2) is 17.5 Å². The van der Waals surface area contributed by atoms with Crippen LogP contribution in [-0.4, -0.2) is 29.7 Å². The van der Waals surface area contributed by atoms with Gasteiger partial charge in [0, 0.05) is 18.8 Å². The van der Waals surface area contributed by atoms with Gasteiger partial charge in [-0.15, -0.1) is 11.3 Å². The van der Waals surface area contributed by atoms with Gasteiger partial charge < -0.3 is 15.0 Å². The first-order chi connectivity index (χ1) is 8.34. The van der Waals surface area contributed by atoms with Crippen LogP contribution >= 0.6 is 11.3 Å². The lowest BCUT2D eigenvalue weighted by molar-refractivity contribution is 0.0226. The van der Waals surface area contributed by atoms with E-state index in [9.17, 15) is 0 Å². The maximum absolute atomic E-state index is 5.70. The van der Waals surface area contributed by atoms with E-state index in [2.05, 4.69) is 33.7 Å². The number of ether oxygens (including phenoxy) is 1. The van der Waals surface area contributed by atoms with Crippen molar-refractivity contribution in [1.29, 1.82) is 0 Å². The molecule has 0 aliphatic carbocycles. The minimum Gasteiger partial charge on any atom is -0.368 e. The van der Waals surface area contributed by atoms with Crippen molar-refractivity contribution in [3.05, 3.63) is 29.0 Å². The Bertz CT molecular complexity index is 486. The molecule has 1 aliphatic rings. The molecule has 0 amide bonds. The van der Waals surface area contributed by atoms with Gasteiger partial charge >= 0.3 is 0 Å². The van der Waals surface area contributed by atoms with Crippen LogP contribution in [0.25, 0.3) is 10.6 Å². The summed E-state index contributed by atoms with van der Waals surface area (Å²) in [6.45, 7) is 4.56. The topological polar surface area (TPSA) is 49.9 Å². The molecular weight excluding hydrogens is 234 g/mol. The Kier molecular flexibility index (Phi) is 2.96. The lowest BCUT2D eigenvalue weighted by atomic mass is 10.3. The van der Waals surface area contributed by atoms with Crippen LogP contribution in [0.1, 0.15) is 17.6 Å². The first kappa shape index (κ1) is 11.0. The molecule has 90 valence electrons. The number of nitrogens with zero attached hydrogens (tertiary/aromatic N) is 1. The van der Waals surface area contributed by atoms with Crippen LogP contribution < -0.4 is 5.32 Å². The van der Waals surface area contributed by atoms with E-state index in [1.165, 1.54) is 4.88 Å². The fourth-order valence-electron chi connectivity index (χ4n) is 2.03. The summed E-state index contributed by atoms with van der Waals surface area (Å²) in [6.07, 6.45) is 0.0520. The van der Waals surface area contributed by atoms with Gasteiger partial charge in [-0.05, 0) is 18.4 Å². The van der Waals surface area contributed by atoms with Gasteiger partial charge in [0.15, 0.2) is 0 Å². The Morgan fingerprint density at radius 3 is 3.18 bits per heavy atom. The predicted octanol–water partition coefficient (Wildman–Crippen LogP) is 2.11. The van der Waals surface area contributed by atoms with Crippen molar-refractivity contribution in [2.45, 2.75) is 13.0 Å². The van der Waals surface area contributed by atoms with Gasteiger partial charge in [-0.1, -0.05) is 6.07 Å². The predicted molar refractivity (Wildman–Crippen MR) is 68.2 cm³/mol. The zero-order chi connectivity index (χ0) is 11.7. The number of hydrogen-bond donors (Lipinski definition) is 2. The second kappa shape index (κ2) is 4.60. The summed E-state index contributed by atoms with van der Waals surface area (Å²) in [5.74, 6) is 0.929. The van der Waals surface area contributed by atoms with Crippen LogP contribution in [0, 0.1) is 6.92 Å². The lowest BCUT2D eigenvalue weighted by Crippen LogP contribution is -2.33. The minimum absolute atomic E-state index is 0.0520. The molecule has 1 atom stereocenters. The molecule has 2 aromatic heterocycles. The quantitative estimate of drug-likeness (QED) is 0.857. The number of hydrogen-bond acceptors (Lipinski definition) is 4. The van der Waals surface area contributed by atoms with Crippen molar-refractivity contribution in [3.63, 3.8) is 0 Å². The summed E-state index contributed by atoms with van der Waals surface area (Å²) in [7, 11) is 0. The van der Waals surface area contributed by atoms with Crippen molar-refractivity contribution in [3.8, 4) is 10.6 Å². The second-order valence-electron chi connectivity index (χ2n) is 4.14. The largest absolute Gasteiger partial charge is 0.368 e. The Labute approximate surface area is 104 Å². The van der Waals surface area contributed by atoms with Crippen LogP contribution in [0.3, 0.4) is 0 Å². The molecule has 0 bridgehead atoms. The highest BCUT2D eigenvalue weighted by molar-refractivity contribution is 7.13. The Morgan fingerprint density at radius 2 is 2.47 bits per heavy atom. The van der Waals surface area contributed by atoms with E-state index in [4.69, 9.17) is 4.74 Å². The summed E-state index contributed by atoms with van der Waals surface area (Å²) in [5, 5.41) is 5.39. The van der Waals surface area contributed by atoms with Gasteiger partial charge in [-0.25, -0.2) is 4.98 Å². The summed E-state index contributed by atoms with van der Waals surface area (Å²) >= 11 is 1.71. The fourth-order valence-corrected chi connectivity index (χ4v) is 2.80. The van der Waals surface area contributed by atoms with Gasteiger partial charge in [0.25, 0.3) is 0 Å². The molecule has 0 spiro atoms. The van der Waals surface area contributed by atoms with Gasteiger partial charge in [0.05, 0.1) is 11.5 Å². The smallest absolute Gasteiger partial charge is 0.137 e. The molecule has 2 aromatic rings. The number of thiophene rings is 1. The van der Waals surface area contributed by atoms with E-state index in [-0.39, 0.29) is 6.10 Å². The van der Waals surface area contributed by atoms with E-state index in [0.29, 0.717) is 0 Å². The highest BCUT2D eigenvalue weighted by Gasteiger charge is 2.20. The standard InChI is InChI=1S/C12H15N3OS/c1-8-11(10-3-2-6-17-10)15-12(14-8)9-7-13-4-5-16-9/h2-3,6,9,13H,4-5,7H2,1H3,(H,14,15). The lowest BCUT2D eigenvalue weighted by Gasteiger charge is -2.21. The molecule has 0 radical (unpaired) electrons. The van der Waals surface area contributed by atoms with Gasteiger partial charge in [-0.2, -0.15) is 0 Å². The first-order valence-electron chi connectivity index (χ1n) is 5.77. The number of morpholine rings is 1. The molecule has 1 fully saturated rings. The highest BCUT2D eigenvalue weighted by Crippen LogP contribution is 2.28. The van der Waals surface area contributed by atoms with E-state index in [1.54, 1.807) is 11.3 Å². The van der Waals surface area contributed by atoms with E-state index in [1.807, 2.05) is 6.07 Å². The molecule has 0 aromatic carbocycles. The summed E-state index contributed by atoms with van der Waals surface area (Å²) in [5.41, 5.74) is 2.15. The Balaban J connectivity index is 1.90. The van der Waals surface area contributed by atoms with E-state index in [0.717, 1.165) is 36.9 Å². The van der Waals surface area contributed by atoms with Crippen molar-refractivity contribution in [2.24, 2.45) is 0 Å². The maximum atomic E-state index is 5.70. The van der Waals surface area contributed by atoms with Crippen LogP contribution in [0.4, 0.5) is 0 Å². The first-order valence-corrected chi connectivity index (χ1v) is 6.65. The number of aryl methyl sites for hydroxylation is 1. The Hall–Kier alpha value is -1.17. The Morgan fingerprint density at radius 1 is 1.53 bits per heavy atom. The third kappa shape index (κ3) is 2.13. The second-order valence-corrected chi connectivity index (χ2v) is 5.08. The van der Waals surface area contributed by atoms with Crippen LogP contribution in [0.5, 0.6) is 0 Å². The zero-order valence-corrected chi connectivity index (χ0v) is 10.5. The summed E-state index contributed by atoms with van der Waals surface area (Å²) < 4.78 is 5.70. The van der Waals surface area contributed by atoms with Crippen LogP contribution in [0.2, 0.25) is 0 Å². The normalized spacial score (nSPS) is 20.6. The molecule has 1 aliphatic heterocycles. The SMILES string of the molecule is Cc1[nH]c(C2CNCCO2)nc1-c1cccs1. The van der Waals surface area contributed by atoms with Crippen molar-refractivity contribution >= 4 is 11.3 Å². The van der Waals surface area contributed by atoms with Crippen molar-refractivity contribution in [2.75, 3.05) is 19.7 Å². The van der Waals surface area contributed by atoms with E-state index >= 15 is 0 Å². The molecule has 17 heavy (non-hydrogen) atoms. The number of H-pyrrole nitrogens is 1. The van der Waals surface area contributed by atoms with E-state index < -0.39 is 0 Å². The molecular formula is C12H15N3OS. The number of nitrogens with one attached hydrogen (secondary N) is 2. The van der Waals surface area contributed by atoms with Crippen molar-refractivity contribution < 1.29 is 4.74 Å². The molecule has 3 heterocycles. The highest BCUT2D eigenvalue weighted by atomic mass is 32.1. The molecule has 1 saturated heterocycles. The monoisotopic (exact) mass is 249 g/mol. The van der Waals surface area contributed by atoms with Gasteiger partial charge in [0.1, 0.15) is 17.6 Å². The van der Waals surface area contributed by atoms with Gasteiger partial charge in [-0.3, -0.25) is 0 Å². The molecule has 0 saturated carbocycles. The third-order valence-corrected chi connectivity index (χ3v) is 3.77. The number of aromatic nitrogens is 2. The van der Waals surface area contributed by atoms with Crippen molar-refractivity contribution in [1.82, 2.24) is 15.3 Å². The summed E-state index contributed by atoms with van der Waals surface area (Å²) in [4.78, 5) is 9.20. The van der Waals surface area contributed by atoms with Crippen LogP contribution in [-0.2, 0) is 4.74 Å². The molecule has 1 unspecified atom stereocenters. The minimum atomic E-state index is 0.0520. The zero-order valence-electron chi connectivity index (χ0n) is 9.69. The average molecular weight is 249 g/mol. The fraction of sp³-hybridized carbons (Fsp3) is 0.417. The molecule has 5 heteroatoms.